The number of rotatable bonds is 1. The van der Waals surface area contributed by atoms with Gasteiger partial charge in [-0.1, -0.05) is 44.2 Å². The number of thioether (sulfide) groups is 1. The SMILES string of the molecule is CC.CC1=NC=C(c2ccccc2)CS1. The number of benzene rings is 1. The summed E-state index contributed by atoms with van der Waals surface area (Å²) in [6, 6.07) is 10.4. The van der Waals surface area contributed by atoms with Crippen LogP contribution in [-0.2, 0) is 0 Å². The molecule has 0 bridgehead atoms. The van der Waals surface area contributed by atoms with Crippen LogP contribution in [0, 0.1) is 0 Å². The molecule has 0 saturated heterocycles. The minimum absolute atomic E-state index is 1.04. The number of aliphatic imine (C=N–C) groups is 1. The van der Waals surface area contributed by atoms with Gasteiger partial charge in [-0.15, -0.1) is 11.8 Å². The van der Waals surface area contributed by atoms with Crippen molar-refractivity contribution >= 4 is 22.4 Å². The average molecular weight is 219 g/mol. The van der Waals surface area contributed by atoms with Crippen LogP contribution in [0.25, 0.3) is 5.57 Å². The summed E-state index contributed by atoms with van der Waals surface area (Å²) in [6.07, 6.45) is 1.97. The minimum Gasteiger partial charge on any atom is -0.254 e. The highest BCUT2D eigenvalue weighted by atomic mass is 32.2. The van der Waals surface area contributed by atoms with Gasteiger partial charge in [0, 0.05) is 12.0 Å². The van der Waals surface area contributed by atoms with Crippen LogP contribution in [0.2, 0.25) is 0 Å². The van der Waals surface area contributed by atoms with Gasteiger partial charge in [-0.3, -0.25) is 4.99 Å². The van der Waals surface area contributed by atoms with Crippen LogP contribution in [0.3, 0.4) is 0 Å². The molecule has 2 heteroatoms. The fraction of sp³-hybridized carbons (Fsp3) is 0.308. The van der Waals surface area contributed by atoms with Crippen LogP contribution < -0.4 is 0 Å². The molecule has 1 aromatic rings. The fourth-order valence-corrected chi connectivity index (χ4v) is 1.97. The molecular weight excluding hydrogens is 202 g/mol. The monoisotopic (exact) mass is 219 g/mol. The second-order valence-corrected chi connectivity index (χ2v) is 4.13. The highest BCUT2D eigenvalue weighted by Gasteiger charge is 2.06. The molecule has 1 heterocycles. The summed E-state index contributed by atoms with van der Waals surface area (Å²) >= 11 is 1.80. The lowest BCUT2D eigenvalue weighted by atomic mass is 10.1. The molecule has 0 N–H and O–H groups in total. The molecule has 0 radical (unpaired) electrons. The number of nitrogens with zero attached hydrogens (tertiary/aromatic N) is 1. The lowest BCUT2D eigenvalue weighted by Gasteiger charge is -2.10. The number of hydrogen-bond acceptors (Lipinski definition) is 2. The lowest BCUT2D eigenvalue weighted by molar-refractivity contribution is 1.49. The van der Waals surface area contributed by atoms with E-state index in [1.54, 1.807) is 11.8 Å². The second kappa shape index (κ2) is 6.46. The van der Waals surface area contributed by atoms with Crippen molar-refractivity contribution in [2.24, 2.45) is 4.99 Å². The first kappa shape index (κ1) is 12.1. The van der Waals surface area contributed by atoms with Crippen molar-refractivity contribution in [3.05, 3.63) is 42.1 Å². The molecule has 0 spiro atoms. The fourth-order valence-electron chi connectivity index (χ4n) is 1.24. The molecule has 0 fully saturated rings. The minimum atomic E-state index is 1.04. The first-order valence-corrected chi connectivity index (χ1v) is 6.26. The Kier molecular flexibility index (Phi) is 5.19. The molecule has 0 unspecified atom stereocenters. The Morgan fingerprint density at radius 2 is 1.80 bits per heavy atom. The average Bonchev–Trinajstić information content (AvgIpc) is 2.34. The zero-order valence-electron chi connectivity index (χ0n) is 9.53. The summed E-state index contributed by atoms with van der Waals surface area (Å²) in [4.78, 5) is 4.31. The van der Waals surface area contributed by atoms with Gasteiger partial charge in [0.15, 0.2) is 0 Å². The van der Waals surface area contributed by atoms with Crippen LogP contribution >= 0.6 is 11.8 Å². The maximum absolute atomic E-state index is 4.31. The quantitative estimate of drug-likeness (QED) is 0.689. The number of hydrogen-bond donors (Lipinski definition) is 0. The standard InChI is InChI=1S/C11H11NS.C2H6/c1-9-12-7-11(8-13-9)10-5-3-2-4-6-10;1-2/h2-7H,8H2,1H3;1-2H3. The van der Waals surface area contributed by atoms with Gasteiger partial charge < -0.3 is 0 Å². The summed E-state index contributed by atoms with van der Waals surface area (Å²) in [5.41, 5.74) is 2.60. The van der Waals surface area contributed by atoms with E-state index in [2.05, 4.69) is 29.3 Å². The van der Waals surface area contributed by atoms with E-state index in [-0.39, 0.29) is 0 Å². The molecular formula is C13H17NS. The highest BCUT2D eigenvalue weighted by molar-refractivity contribution is 8.14. The predicted octanol–water partition coefficient (Wildman–Crippen LogP) is 4.22. The van der Waals surface area contributed by atoms with Crippen molar-refractivity contribution in [3.8, 4) is 0 Å². The third-order valence-electron chi connectivity index (χ3n) is 1.98. The van der Waals surface area contributed by atoms with E-state index in [0.29, 0.717) is 0 Å². The Hall–Kier alpha value is -1.02. The molecule has 0 aliphatic carbocycles. The van der Waals surface area contributed by atoms with Gasteiger partial charge in [-0.05, 0) is 18.1 Å². The Bertz CT molecular complexity index is 352. The smallest absolute Gasteiger partial charge is 0.0703 e. The second-order valence-electron chi connectivity index (χ2n) is 2.96. The van der Waals surface area contributed by atoms with E-state index < -0.39 is 0 Å². The summed E-state index contributed by atoms with van der Waals surface area (Å²) in [5.74, 6) is 1.04. The van der Waals surface area contributed by atoms with Crippen molar-refractivity contribution in [2.45, 2.75) is 20.8 Å². The molecule has 0 aromatic heterocycles. The molecule has 1 aliphatic rings. The van der Waals surface area contributed by atoms with Gasteiger partial charge >= 0.3 is 0 Å². The molecule has 0 amide bonds. The van der Waals surface area contributed by atoms with Gasteiger partial charge in [0.05, 0.1) is 5.04 Å². The topological polar surface area (TPSA) is 12.4 Å². The molecule has 15 heavy (non-hydrogen) atoms. The first-order valence-electron chi connectivity index (χ1n) is 5.28. The summed E-state index contributed by atoms with van der Waals surface area (Å²) in [6.45, 7) is 6.04. The molecule has 1 aliphatic heterocycles. The summed E-state index contributed by atoms with van der Waals surface area (Å²) < 4.78 is 0. The van der Waals surface area contributed by atoms with E-state index in [1.165, 1.54) is 11.1 Å². The predicted molar refractivity (Wildman–Crippen MR) is 71.3 cm³/mol. The van der Waals surface area contributed by atoms with Gasteiger partial charge in [-0.2, -0.15) is 0 Å². The van der Waals surface area contributed by atoms with Gasteiger partial charge in [0.25, 0.3) is 0 Å². The van der Waals surface area contributed by atoms with Crippen LogP contribution in [0.1, 0.15) is 26.3 Å². The van der Waals surface area contributed by atoms with E-state index in [9.17, 15) is 0 Å². The normalized spacial score (nSPS) is 14.6. The maximum atomic E-state index is 4.31. The van der Waals surface area contributed by atoms with Crippen molar-refractivity contribution < 1.29 is 0 Å². The van der Waals surface area contributed by atoms with Crippen molar-refractivity contribution in [2.75, 3.05) is 5.75 Å². The molecule has 80 valence electrons. The van der Waals surface area contributed by atoms with Crippen LogP contribution in [-0.4, -0.2) is 10.8 Å². The Balaban J connectivity index is 0.000000531. The molecule has 2 rings (SSSR count). The van der Waals surface area contributed by atoms with Crippen molar-refractivity contribution in [1.82, 2.24) is 0 Å². The van der Waals surface area contributed by atoms with E-state index in [0.717, 1.165) is 10.8 Å². The molecule has 0 atom stereocenters. The lowest BCUT2D eigenvalue weighted by Crippen LogP contribution is -1.96. The van der Waals surface area contributed by atoms with Crippen molar-refractivity contribution in [3.63, 3.8) is 0 Å². The van der Waals surface area contributed by atoms with Gasteiger partial charge in [0.1, 0.15) is 0 Å². The zero-order valence-corrected chi connectivity index (χ0v) is 10.3. The Morgan fingerprint density at radius 1 is 1.13 bits per heavy atom. The molecule has 0 saturated carbocycles. The first-order chi connectivity index (χ1) is 7.36. The van der Waals surface area contributed by atoms with E-state index in [1.807, 2.05) is 33.0 Å². The molecule has 1 aromatic carbocycles. The third kappa shape index (κ3) is 3.56. The van der Waals surface area contributed by atoms with Gasteiger partial charge in [0.2, 0.25) is 0 Å². The third-order valence-corrected chi connectivity index (χ3v) is 2.96. The largest absolute Gasteiger partial charge is 0.254 e. The maximum Gasteiger partial charge on any atom is 0.0703 e. The zero-order chi connectivity index (χ0) is 11.1. The summed E-state index contributed by atoms with van der Waals surface area (Å²) in [5, 5.41) is 1.15. The van der Waals surface area contributed by atoms with Crippen LogP contribution in [0.4, 0.5) is 0 Å². The van der Waals surface area contributed by atoms with Crippen molar-refractivity contribution in [1.29, 1.82) is 0 Å². The Labute approximate surface area is 96.3 Å². The van der Waals surface area contributed by atoms with E-state index in [4.69, 9.17) is 0 Å². The van der Waals surface area contributed by atoms with E-state index >= 15 is 0 Å². The highest BCUT2D eigenvalue weighted by Crippen LogP contribution is 2.24. The molecule has 1 nitrogen and oxygen atoms in total. The van der Waals surface area contributed by atoms with Crippen LogP contribution in [0.15, 0.2) is 41.5 Å². The Morgan fingerprint density at radius 3 is 2.33 bits per heavy atom. The van der Waals surface area contributed by atoms with Crippen LogP contribution in [0.5, 0.6) is 0 Å². The summed E-state index contributed by atoms with van der Waals surface area (Å²) in [7, 11) is 0. The van der Waals surface area contributed by atoms with Gasteiger partial charge in [-0.25, -0.2) is 0 Å².